The molecule has 0 heterocycles. The number of aliphatic carboxylic acids is 1. The summed E-state index contributed by atoms with van der Waals surface area (Å²) in [5.41, 5.74) is 1.65. The minimum atomic E-state index is -0.876. The predicted molar refractivity (Wildman–Crippen MR) is 72.3 cm³/mol. The molecule has 3 N–H and O–H groups in total. The molecule has 0 aliphatic heterocycles. The third kappa shape index (κ3) is 4.22. The van der Waals surface area contributed by atoms with Gasteiger partial charge in [0.25, 0.3) is 0 Å². The van der Waals surface area contributed by atoms with Crippen LogP contribution in [0.4, 0.5) is 0 Å². The molecule has 0 aliphatic carbocycles. The van der Waals surface area contributed by atoms with Gasteiger partial charge in [-0.25, -0.2) is 4.79 Å². The molecule has 0 saturated heterocycles. The minimum Gasteiger partial charge on any atom is -0.479 e. The van der Waals surface area contributed by atoms with Gasteiger partial charge >= 0.3 is 5.97 Å². The van der Waals surface area contributed by atoms with Crippen molar-refractivity contribution in [3.63, 3.8) is 0 Å². The van der Waals surface area contributed by atoms with Crippen molar-refractivity contribution in [2.75, 3.05) is 13.6 Å². The summed E-state index contributed by atoms with van der Waals surface area (Å²) in [5, 5.41) is 15.4. The van der Waals surface area contributed by atoms with E-state index in [0.29, 0.717) is 6.54 Å². The topological polar surface area (TPSA) is 61.4 Å². The van der Waals surface area contributed by atoms with Gasteiger partial charge < -0.3 is 15.7 Å². The van der Waals surface area contributed by atoms with Crippen LogP contribution in [-0.2, 0) is 4.79 Å². The molecular formula is C14H20N2O2. The van der Waals surface area contributed by atoms with E-state index < -0.39 is 12.0 Å². The summed E-state index contributed by atoms with van der Waals surface area (Å²) in [6.07, 6.45) is 2.86. The van der Waals surface area contributed by atoms with Crippen molar-refractivity contribution < 1.29 is 9.90 Å². The molecule has 0 radical (unpaired) electrons. The molecule has 0 bridgehead atoms. The highest BCUT2D eigenvalue weighted by Gasteiger charge is 2.19. The highest BCUT2D eigenvalue weighted by molar-refractivity contribution is 5.75. The number of allylic oxidation sites excluding steroid dienone is 1. The Bertz CT molecular complexity index is 402. The van der Waals surface area contributed by atoms with E-state index in [0.717, 1.165) is 17.7 Å². The van der Waals surface area contributed by atoms with E-state index in [2.05, 4.69) is 10.6 Å². The number of benzene rings is 1. The number of carbonyl (C=O) groups is 1. The third-order valence-corrected chi connectivity index (χ3v) is 2.53. The molecule has 0 amide bonds. The molecule has 18 heavy (non-hydrogen) atoms. The van der Waals surface area contributed by atoms with E-state index in [4.69, 9.17) is 0 Å². The fourth-order valence-corrected chi connectivity index (χ4v) is 1.74. The van der Waals surface area contributed by atoms with Gasteiger partial charge in [0.15, 0.2) is 0 Å². The summed E-state index contributed by atoms with van der Waals surface area (Å²) in [5.74, 6) is -0.876. The van der Waals surface area contributed by atoms with E-state index >= 15 is 0 Å². The van der Waals surface area contributed by atoms with Gasteiger partial charge in [0, 0.05) is 12.2 Å². The van der Waals surface area contributed by atoms with Crippen molar-refractivity contribution >= 4 is 5.97 Å². The van der Waals surface area contributed by atoms with Gasteiger partial charge in [-0.3, -0.25) is 0 Å². The molecule has 0 aliphatic rings. The van der Waals surface area contributed by atoms with Crippen molar-refractivity contribution in [3.8, 4) is 0 Å². The Hall–Kier alpha value is -1.81. The molecular weight excluding hydrogens is 228 g/mol. The van der Waals surface area contributed by atoms with Crippen LogP contribution in [0.15, 0.2) is 42.1 Å². The zero-order valence-electron chi connectivity index (χ0n) is 10.8. The fraction of sp³-hybridized carbons (Fsp3) is 0.357. The lowest BCUT2D eigenvalue weighted by Gasteiger charge is -2.18. The van der Waals surface area contributed by atoms with Gasteiger partial charge in [-0.1, -0.05) is 43.3 Å². The van der Waals surface area contributed by atoms with Crippen LogP contribution in [0.1, 0.15) is 24.9 Å². The van der Waals surface area contributed by atoms with Gasteiger partial charge in [0.2, 0.25) is 0 Å². The number of hydrogen-bond acceptors (Lipinski definition) is 3. The van der Waals surface area contributed by atoms with Crippen LogP contribution in [0.5, 0.6) is 0 Å². The van der Waals surface area contributed by atoms with Crippen molar-refractivity contribution in [1.29, 1.82) is 0 Å². The van der Waals surface area contributed by atoms with Crippen molar-refractivity contribution in [3.05, 3.63) is 47.7 Å². The Balaban J connectivity index is 2.87. The van der Waals surface area contributed by atoms with Crippen LogP contribution in [0.25, 0.3) is 0 Å². The number of hydrogen-bond donors (Lipinski definition) is 3. The highest BCUT2D eigenvalue weighted by Crippen LogP contribution is 2.14. The van der Waals surface area contributed by atoms with Gasteiger partial charge in [-0.15, -0.1) is 0 Å². The van der Waals surface area contributed by atoms with Gasteiger partial charge in [-0.05, 0) is 19.0 Å². The van der Waals surface area contributed by atoms with Crippen LogP contribution >= 0.6 is 0 Å². The summed E-state index contributed by atoms with van der Waals surface area (Å²) in [7, 11) is 1.84. The molecule has 0 aromatic heterocycles. The van der Waals surface area contributed by atoms with E-state index in [1.807, 2.05) is 50.4 Å². The van der Waals surface area contributed by atoms with Crippen LogP contribution in [-0.4, -0.2) is 24.7 Å². The lowest BCUT2D eigenvalue weighted by atomic mass is 10.1. The Morgan fingerprint density at radius 2 is 2.06 bits per heavy atom. The number of carboxylic acids is 1. The van der Waals surface area contributed by atoms with Crippen molar-refractivity contribution in [1.82, 2.24) is 10.6 Å². The Morgan fingerprint density at radius 1 is 1.39 bits per heavy atom. The molecule has 1 aromatic rings. The molecule has 1 atom stereocenters. The van der Waals surface area contributed by atoms with Gasteiger partial charge in [-0.2, -0.15) is 0 Å². The summed E-state index contributed by atoms with van der Waals surface area (Å²) in [4.78, 5) is 11.3. The largest absolute Gasteiger partial charge is 0.479 e. The first-order valence-electron chi connectivity index (χ1n) is 6.07. The van der Waals surface area contributed by atoms with Gasteiger partial charge in [0.05, 0.1) is 0 Å². The number of nitrogens with one attached hydrogen (secondary N) is 2. The normalized spacial score (nSPS) is 13.1. The zero-order valence-corrected chi connectivity index (χ0v) is 10.8. The molecule has 0 saturated carbocycles. The maximum absolute atomic E-state index is 11.3. The molecule has 1 rings (SSSR count). The summed E-state index contributed by atoms with van der Waals surface area (Å²) < 4.78 is 0. The first kappa shape index (κ1) is 14.3. The van der Waals surface area contributed by atoms with Crippen molar-refractivity contribution in [2.45, 2.75) is 19.4 Å². The maximum Gasteiger partial charge on any atom is 0.330 e. The summed E-state index contributed by atoms with van der Waals surface area (Å²) >= 11 is 0. The molecule has 1 aromatic carbocycles. The zero-order chi connectivity index (χ0) is 13.4. The molecule has 4 nitrogen and oxygen atoms in total. The lowest BCUT2D eigenvalue weighted by molar-refractivity contribution is -0.139. The standard InChI is InChI=1S/C14H20N2O2/c1-3-7-12(10-15-2)16-13(14(17)18)11-8-5-4-6-9-11/h4-9,13,15-16H,3,10H2,1-2H3,(H,17,18)/b12-7+. The highest BCUT2D eigenvalue weighted by atomic mass is 16.4. The van der Waals surface area contributed by atoms with Crippen LogP contribution in [0.2, 0.25) is 0 Å². The Morgan fingerprint density at radius 3 is 2.56 bits per heavy atom. The quantitative estimate of drug-likeness (QED) is 0.690. The molecule has 0 spiro atoms. The minimum absolute atomic E-state index is 0.629. The smallest absolute Gasteiger partial charge is 0.330 e. The van der Waals surface area contributed by atoms with E-state index in [-0.39, 0.29) is 0 Å². The monoisotopic (exact) mass is 248 g/mol. The second kappa shape index (κ2) is 7.50. The van der Waals surface area contributed by atoms with E-state index in [1.54, 1.807) is 0 Å². The summed E-state index contributed by atoms with van der Waals surface area (Å²) in [6.45, 7) is 2.65. The lowest BCUT2D eigenvalue weighted by Crippen LogP contribution is -2.31. The van der Waals surface area contributed by atoms with Crippen LogP contribution in [0, 0.1) is 0 Å². The van der Waals surface area contributed by atoms with E-state index in [9.17, 15) is 9.90 Å². The second-order valence-electron chi connectivity index (χ2n) is 3.99. The first-order valence-corrected chi connectivity index (χ1v) is 6.07. The Kier molecular flexibility index (Phi) is 5.94. The molecule has 98 valence electrons. The summed E-state index contributed by atoms with van der Waals surface area (Å²) in [6, 6.07) is 8.47. The number of rotatable bonds is 7. The average Bonchev–Trinajstić information content (AvgIpc) is 2.37. The predicted octanol–water partition coefficient (Wildman–Crippen LogP) is 1.92. The molecule has 1 unspecified atom stereocenters. The average molecular weight is 248 g/mol. The number of carboxylic acid groups (broad SMARTS) is 1. The first-order chi connectivity index (χ1) is 8.69. The van der Waals surface area contributed by atoms with Gasteiger partial charge in [0.1, 0.15) is 6.04 Å². The SMILES string of the molecule is CC/C=C(\CNC)NC(C(=O)O)c1ccccc1. The van der Waals surface area contributed by atoms with Crippen molar-refractivity contribution in [2.24, 2.45) is 0 Å². The third-order valence-electron chi connectivity index (χ3n) is 2.53. The maximum atomic E-state index is 11.3. The fourth-order valence-electron chi connectivity index (χ4n) is 1.74. The molecule has 0 fully saturated rings. The van der Waals surface area contributed by atoms with Crippen LogP contribution in [0.3, 0.4) is 0 Å². The number of likely N-dealkylation sites (N-methyl/N-ethyl adjacent to an activating group) is 1. The van der Waals surface area contributed by atoms with E-state index in [1.165, 1.54) is 0 Å². The molecule has 4 heteroatoms. The second-order valence-corrected chi connectivity index (χ2v) is 3.99. The Labute approximate surface area is 108 Å². The van der Waals surface area contributed by atoms with Crippen LogP contribution < -0.4 is 10.6 Å².